The summed E-state index contributed by atoms with van der Waals surface area (Å²) in [5.74, 6) is -2.24. The van der Waals surface area contributed by atoms with E-state index in [-0.39, 0.29) is 11.1 Å². The van der Waals surface area contributed by atoms with Crippen LogP contribution in [0.15, 0.2) is 91.0 Å². The van der Waals surface area contributed by atoms with Gasteiger partial charge in [0.2, 0.25) is 12.5 Å². The molecule has 0 saturated carbocycles. The van der Waals surface area contributed by atoms with Gasteiger partial charge in [0.1, 0.15) is 12.7 Å². The maximum atomic E-state index is 15.3. The van der Waals surface area contributed by atoms with Crippen molar-refractivity contribution in [2.24, 2.45) is 0 Å². The molecular formula is C26H21FO7. The minimum absolute atomic E-state index is 0.204. The van der Waals surface area contributed by atoms with Gasteiger partial charge in [-0.3, -0.25) is 0 Å². The highest BCUT2D eigenvalue weighted by Gasteiger charge is 2.50. The van der Waals surface area contributed by atoms with Crippen molar-refractivity contribution < 1.29 is 37.7 Å². The van der Waals surface area contributed by atoms with Crippen molar-refractivity contribution in [1.29, 1.82) is 0 Å². The van der Waals surface area contributed by atoms with Gasteiger partial charge in [0.25, 0.3) is 0 Å². The molecule has 0 aliphatic carbocycles. The Kier molecular flexibility index (Phi) is 7.29. The van der Waals surface area contributed by atoms with Crippen LogP contribution in [-0.2, 0) is 18.9 Å². The fraction of sp³-hybridized carbons (Fsp3) is 0.192. The van der Waals surface area contributed by atoms with Crippen LogP contribution in [0.4, 0.5) is 4.39 Å². The van der Waals surface area contributed by atoms with Gasteiger partial charge in [0.15, 0.2) is 6.10 Å². The monoisotopic (exact) mass is 463 g/mol. The first-order valence-corrected chi connectivity index (χ1v) is 10.6. The fourth-order valence-electron chi connectivity index (χ4n) is 3.38. The summed E-state index contributed by atoms with van der Waals surface area (Å²) in [5.41, 5.74) is 0.705. The van der Waals surface area contributed by atoms with Gasteiger partial charge in [0.05, 0.1) is 16.7 Å². The van der Waals surface area contributed by atoms with Crippen molar-refractivity contribution in [2.75, 3.05) is 6.61 Å². The third-order valence-corrected chi connectivity index (χ3v) is 5.12. The lowest BCUT2D eigenvalue weighted by Gasteiger charge is -2.19. The van der Waals surface area contributed by atoms with Crippen molar-refractivity contribution in [3.8, 4) is 0 Å². The Bertz CT molecular complexity index is 1120. The normalized spacial score (nSPS) is 21.4. The number of carbonyl (C=O) groups excluding carboxylic acids is 3. The second kappa shape index (κ2) is 10.7. The summed E-state index contributed by atoms with van der Waals surface area (Å²) in [6.07, 6.45) is -6.31. The molecule has 34 heavy (non-hydrogen) atoms. The van der Waals surface area contributed by atoms with Crippen LogP contribution in [0, 0.1) is 0 Å². The molecule has 3 aromatic rings. The highest BCUT2D eigenvalue weighted by molar-refractivity contribution is 5.90. The fourth-order valence-corrected chi connectivity index (χ4v) is 3.38. The van der Waals surface area contributed by atoms with Gasteiger partial charge in [-0.1, -0.05) is 54.6 Å². The van der Waals surface area contributed by atoms with E-state index < -0.39 is 49.2 Å². The van der Waals surface area contributed by atoms with Crippen LogP contribution in [0.25, 0.3) is 0 Å². The number of rotatable bonds is 7. The van der Waals surface area contributed by atoms with Gasteiger partial charge in [-0.25, -0.2) is 18.8 Å². The molecule has 3 aromatic carbocycles. The minimum atomic E-state index is -2.00. The van der Waals surface area contributed by atoms with E-state index in [1.165, 1.54) is 24.3 Å². The molecule has 4 rings (SSSR count). The number of hydrogen-bond acceptors (Lipinski definition) is 7. The maximum Gasteiger partial charge on any atom is 0.340 e. The summed E-state index contributed by atoms with van der Waals surface area (Å²) >= 11 is 0. The first-order chi connectivity index (χ1) is 16.5. The van der Waals surface area contributed by atoms with Gasteiger partial charge in [-0.2, -0.15) is 0 Å². The van der Waals surface area contributed by atoms with E-state index in [9.17, 15) is 14.4 Å². The van der Waals surface area contributed by atoms with Gasteiger partial charge in [-0.15, -0.1) is 0 Å². The maximum absolute atomic E-state index is 15.3. The molecule has 1 saturated heterocycles. The lowest BCUT2D eigenvalue weighted by atomic mass is 10.1. The van der Waals surface area contributed by atoms with E-state index in [2.05, 4.69) is 0 Å². The summed E-state index contributed by atoms with van der Waals surface area (Å²) in [5, 5.41) is 0. The quantitative estimate of drug-likeness (QED) is 0.387. The van der Waals surface area contributed by atoms with Crippen LogP contribution < -0.4 is 0 Å². The summed E-state index contributed by atoms with van der Waals surface area (Å²) in [4.78, 5) is 37.2. The molecule has 1 heterocycles. The Morgan fingerprint density at radius 1 is 0.676 bits per heavy atom. The molecule has 0 radical (unpaired) electrons. The average molecular weight is 463 g/mol. The van der Waals surface area contributed by atoms with E-state index in [4.69, 9.17) is 18.9 Å². The number of alkyl halides is 1. The number of hydrogen-bond donors (Lipinski definition) is 0. The van der Waals surface area contributed by atoms with Crippen LogP contribution in [0.2, 0.25) is 0 Å². The molecule has 0 bridgehead atoms. The molecule has 0 aromatic heterocycles. The molecule has 4 atom stereocenters. The molecule has 1 fully saturated rings. The molecule has 7 nitrogen and oxygen atoms in total. The van der Waals surface area contributed by atoms with Crippen molar-refractivity contribution in [2.45, 2.75) is 24.7 Å². The molecule has 174 valence electrons. The molecule has 1 aliphatic heterocycles. The second-order valence-corrected chi connectivity index (χ2v) is 7.46. The standard InChI is InChI=1S/C26H21FO7/c27-21-22(33-24(29)18-12-6-2-7-13-18)20(16-31-23(28)17-10-4-1-5-11-17)32-26(21)34-25(30)19-14-8-3-9-15-19/h1-15,20-22,26H,16H2/t20-,21-,22-,26-/m1/s1/i27-1. The zero-order chi connectivity index (χ0) is 23.9. The third-order valence-electron chi connectivity index (χ3n) is 5.12. The lowest BCUT2D eigenvalue weighted by molar-refractivity contribution is -0.129. The van der Waals surface area contributed by atoms with Crippen molar-refractivity contribution >= 4 is 17.9 Å². The Morgan fingerprint density at radius 3 is 1.62 bits per heavy atom. The van der Waals surface area contributed by atoms with E-state index >= 15 is 4.39 Å². The van der Waals surface area contributed by atoms with Crippen LogP contribution in [0.1, 0.15) is 31.1 Å². The predicted octanol–water partition coefficient (Wildman–Crippen LogP) is 3.99. The van der Waals surface area contributed by atoms with Crippen LogP contribution >= 0.6 is 0 Å². The Balaban J connectivity index is 1.47. The average Bonchev–Trinajstić information content (AvgIpc) is 3.17. The number of esters is 3. The Hall–Kier alpha value is -4.04. The highest BCUT2D eigenvalue weighted by atomic mass is 18.2. The summed E-state index contributed by atoms with van der Waals surface area (Å²) < 4.78 is 36.6. The number of ether oxygens (including phenoxy) is 4. The molecule has 0 amide bonds. The van der Waals surface area contributed by atoms with Crippen molar-refractivity contribution in [1.82, 2.24) is 0 Å². The Morgan fingerprint density at radius 2 is 1.12 bits per heavy atom. The van der Waals surface area contributed by atoms with Crippen LogP contribution in [0.5, 0.6) is 0 Å². The Labute approximate surface area is 195 Å². The molecule has 0 spiro atoms. The highest BCUT2D eigenvalue weighted by Crippen LogP contribution is 2.29. The van der Waals surface area contributed by atoms with Crippen LogP contribution in [0.3, 0.4) is 0 Å². The van der Waals surface area contributed by atoms with Gasteiger partial charge >= 0.3 is 17.9 Å². The molecule has 8 heteroatoms. The molecule has 0 unspecified atom stereocenters. The first kappa shape index (κ1) is 23.1. The van der Waals surface area contributed by atoms with E-state index in [1.807, 2.05) is 0 Å². The first-order valence-electron chi connectivity index (χ1n) is 10.6. The third kappa shape index (κ3) is 5.47. The summed E-state index contributed by atoms with van der Waals surface area (Å²) in [7, 11) is 0. The van der Waals surface area contributed by atoms with Crippen molar-refractivity contribution in [3.63, 3.8) is 0 Å². The van der Waals surface area contributed by atoms with Gasteiger partial charge < -0.3 is 18.9 Å². The van der Waals surface area contributed by atoms with Gasteiger partial charge in [0, 0.05) is 0 Å². The predicted molar refractivity (Wildman–Crippen MR) is 118 cm³/mol. The largest absolute Gasteiger partial charge is 0.459 e. The van der Waals surface area contributed by atoms with Crippen molar-refractivity contribution in [3.05, 3.63) is 108 Å². The topological polar surface area (TPSA) is 88.1 Å². The second-order valence-electron chi connectivity index (χ2n) is 7.46. The molecule has 0 N–H and O–H groups in total. The van der Waals surface area contributed by atoms with Crippen LogP contribution in [-0.4, -0.2) is 49.2 Å². The SMILES string of the molecule is O=C(OC[C@H]1O[C@H](OC(=O)c2ccccc2)[C@H]([18F])[C@@H]1OC(=O)c1ccccc1)c1ccccc1. The van der Waals surface area contributed by atoms with E-state index in [0.29, 0.717) is 5.56 Å². The zero-order valence-corrected chi connectivity index (χ0v) is 17.9. The summed E-state index contributed by atoms with van der Waals surface area (Å²) in [6.45, 7) is -0.416. The number of carbonyl (C=O) groups is 3. The smallest absolute Gasteiger partial charge is 0.340 e. The van der Waals surface area contributed by atoms with E-state index in [1.54, 1.807) is 66.7 Å². The number of benzene rings is 3. The summed E-state index contributed by atoms with van der Waals surface area (Å²) in [6, 6.07) is 24.2. The minimum Gasteiger partial charge on any atom is -0.459 e. The lowest BCUT2D eigenvalue weighted by Crippen LogP contribution is -2.37. The molecular weight excluding hydrogens is 442 g/mol. The van der Waals surface area contributed by atoms with Gasteiger partial charge in [-0.05, 0) is 36.4 Å². The number of halogens is 1. The molecule has 1 aliphatic rings. The van der Waals surface area contributed by atoms with E-state index in [0.717, 1.165) is 0 Å². The zero-order valence-electron chi connectivity index (χ0n) is 17.9.